The van der Waals surface area contributed by atoms with Gasteiger partial charge < -0.3 is 10.3 Å². The third kappa shape index (κ3) is 1.94. The first-order valence-electron chi connectivity index (χ1n) is 5.60. The summed E-state index contributed by atoms with van der Waals surface area (Å²) in [6.07, 6.45) is 1.46. The summed E-state index contributed by atoms with van der Waals surface area (Å²) in [6, 6.07) is 0. The zero-order valence-corrected chi connectivity index (χ0v) is 10.5. The number of amides is 1. The summed E-state index contributed by atoms with van der Waals surface area (Å²) in [5.74, 6) is -0.0214. The van der Waals surface area contributed by atoms with Gasteiger partial charge in [-0.3, -0.25) is 14.8 Å². The first kappa shape index (κ1) is 12.2. The molecular weight excluding hydrogens is 234 g/mol. The van der Waals surface area contributed by atoms with E-state index in [2.05, 4.69) is 15.6 Å². The van der Waals surface area contributed by atoms with Crippen molar-refractivity contribution in [2.45, 2.75) is 27.3 Å². The molecule has 0 aliphatic heterocycles. The Kier molecular flexibility index (Phi) is 3.05. The van der Waals surface area contributed by atoms with E-state index >= 15 is 0 Å². The normalized spacial score (nSPS) is 10.6. The number of aromatic nitrogens is 3. The van der Waals surface area contributed by atoms with Gasteiger partial charge in [0.1, 0.15) is 5.69 Å². The lowest BCUT2D eigenvalue weighted by Crippen LogP contribution is -2.19. The van der Waals surface area contributed by atoms with E-state index in [1.54, 1.807) is 6.92 Å². The minimum atomic E-state index is -0.355. The van der Waals surface area contributed by atoms with E-state index in [9.17, 15) is 4.79 Å². The fourth-order valence-electron chi connectivity index (χ4n) is 1.58. The van der Waals surface area contributed by atoms with Gasteiger partial charge in [0.15, 0.2) is 0 Å². The van der Waals surface area contributed by atoms with Gasteiger partial charge in [-0.1, -0.05) is 5.16 Å². The number of nitrogens with one attached hydrogen (secondary N) is 1. The fraction of sp³-hybridized carbons (Fsp3) is 0.364. The number of anilines is 2. The van der Waals surface area contributed by atoms with Crippen LogP contribution in [0.4, 0.5) is 11.6 Å². The van der Waals surface area contributed by atoms with E-state index in [4.69, 9.17) is 10.3 Å². The Labute approximate surface area is 104 Å². The van der Waals surface area contributed by atoms with Gasteiger partial charge in [0.2, 0.25) is 5.88 Å². The lowest BCUT2D eigenvalue weighted by Gasteiger charge is -2.05. The molecule has 0 bridgehead atoms. The van der Waals surface area contributed by atoms with Crippen molar-refractivity contribution in [2.75, 3.05) is 11.1 Å². The average Bonchev–Trinajstić information content (AvgIpc) is 2.86. The van der Waals surface area contributed by atoms with Crippen LogP contribution in [0.2, 0.25) is 0 Å². The number of rotatable bonds is 3. The van der Waals surface area contributed by atoms with Crippen LogP contribution in [0.1, 0.15) is 28.7 Å². The smallest absolute Gasteiger partial charge is 0.278 e. The first-order valence-corrected chi connectivity index (χ1v) is 5.60. The Hall–Kier alpha value is -2.31. The lowest BCUT2D eigenvalue weighted by atomic mass is 10.2. The number of carbonyl (C=O) groups excluding carboxylic acids is 1. The van der Waals surface area contributed by atoms with Gasteiger partial charge in [-0.15, -0.1) is 0 Å². The highest BCUT2D eigenvalue weighted by Gasteiger charge is 2.19. The molecule has 0 aliphatic carbocycles. The van der Waals surface area contributed by atoms with Crippen LogP contribution in [-0.4, -0.2) is 20.8 Å². The molecule has 0 aliphatic rings. The van der Waals surface area contributed by atoms with Crippen molar-refractivity contribution in [3.8, 4) is 0 Å². The van der Waals surface area contributed by atoms with Crippen LogP contribution in [0.5, 0.6) is 0 Å². The van der Waals surface area contributed by atoms with E-state index in [1.807, 2.05) is 13.8 Å². The van der Waals surface area contributed by atoms with Crippen LogP contribution in [0, 0.1) is 13.8 Å². The minimum Gasteiger partial charge on any atom is -0.396 e. The summed E-state index contributed by atoms with van der Waals surface area (Å²) in [6.45, 7) is 6.07. The number of nitrogens with two attached hydrogens (primary N) is 1. The molecule has 0 fully saturated rings. The Morgan fingerprint density at radius 2 is 2.28 bits per heavy atom. The molecule has 7 heteroatoms. The highest BCUT2D eigenvalue weighted by atomic mass is 16.5. The maximum atomic E-state index is 12.1. The Bertz CT molecular complexity index is 584. The zero-order valence-electron chi connectivity index (χ0n) is 10.5. The maximum absolute atomic E-state index is 12.1. The van der Waals surface area contributed by atoms with Crippen LogP contribution >= 0.6 is 0 Å². The van der Waals surface area contributed by atoms with Crippen molar-refractivity contribution in [2.24, 2.45) is 0 Å². The number of carbonyl (C=O) groups is 1. The van der Waals surface area contributed by atoms with Gasteiger partial charge in [0.05, 0.1) is 17.6 Å². The van der Waals surface area contributed by atoms with Crippen molar-refractivity contribution in [3.63, 3.8) is 0 Å². The summed E-state index contributed by atoms with van der Waals surface area (Å²) < 4.78 is 6.56. The van der Waals surface area contributed by atoms with Crippen molar-refractivity contribution in [1.29, 1.82) is 0 Å². The van der Waals surface area contributed by atoms with Gasteiger partial charge in [-0.05, 0) is 20.8 Å². The molecule has 2 aromatic heterocycles. The molecule has 18 heavy (non-hydrogen) atoms. The van der Waals surface area contributed by atoms with Gasteiger partial charge in [-0.2, -0.15) is 5.10 Å². The number of nitrogens with zero attached hydrogens (tertiary/aromatic N) is 3. The zero-order chi connectivity index (χ0) is 13.3. The van der Waals surface area contributed by atoms with Crippen molar-refractivity contribution in [1.82, 2.24) is 14.9 Å². The third-order valence-corrected chi connectivity index (χ3v) is 2.77. The summed E-state index contributed by atoms with van der Waals surface area (Å²) in [5.41, 5.74) is 7.92. The quantitative estimate of drug-likeness (QED) is 0.855. The first-order chi connectivity index (χ1) is 8.54. The Morgan fingerprint density at radius 3 is 2.83 bits per heavy atom. The van der Waals surface area contributed by atoms with E-state index in [1.165, 1.54) is 10.9 Å². The maximum Gasteiger partial charge on any atom is 0.278 e. The second-order valence-electron chi connectivity index (χ2n) is 3.94. The van der Waals surface area contributed by atoms with Gasteiger partial charge in [0, 0.05) is 12.1 Å². The molecule has 2 heterocycles. The number of hydrogen-bond donors (Lipinski definition) is 2. The minimum absolute atomic E-state index is 0.325. The van der Waals surface area contributed by atoms with E-state index in [-0.39, 0.29) is 5.91 Å². The van der Waals surface area contributed by atoms with E-state index in [0.29, 0.717) is 23.8 Å². The second kappa shape index (κ2) is 4.52. The fourth-order valence-corrected chi connectivity index (χ4v) is 1.58. The molecule has 1 amide bonds. The van der Waals surface area contributed by atoms with Crippen molar-refractivity contribution < 1.29 is 9.32 Å². The van der Waals surface area contributed by atoms with Crippen LogP contribution in [-0.2, 0) is 6.54 Å². The Balaban J connectivity index is 2.27. The average molecular weight is 249 g/mol. The molecule has 7 nitrogen and oxygen atoms in total. The van der Waals surface area contributed by atoms with Gasteiger partial charge in [0.25, 0.3) is 5.91 Å². The number of aryl methyl sites for hydroxylation is 2. The summed E-state index contributed by atoms with van der Waals surface area (Å²) in [4.78, 5) is 12.1. The molecule has 0 aromatic carbocycles. The molecule has 0 saturated carbocycles. The van der Waals surface area contributed by atoms with Gasteiger partial charge >= 0.3 is 0 Å². The predicted molar refractivity (Wildman–Crippen MR) is 66.2 cm³/mol. The topological polar surface area (TPSA) is 99.0 Å². The molecule has 2 rings (SSSR count). The molecule has 3 N–H and O–H groups in total. The highest BCUT2D eigenvalue weighted by molar-refractivity contribution is 6.06. The SMILES string of the molecule is CCn1ncc(N)c1C(=O)Nc1onc(C)c1C. The largest absolute Gasteiger partial charge is 0.396 e. The van der Waals surface area contributed by atoms with Crippen LogP contribution in [0.3, 0.4) is 0 Å². The lowest BCUT2D eigenvalue weighted by molar-refractivity contribution is 0.101. The molecular formula is C11H15N5O2. The Morgan fingerprint density at radius 1 is 1.56 bits per heavy atom. The number of hydrogen-bond acceptors (Lipinski definition) is 5. The summed E-state index contributed by atoms with van der Waals surface area (Å²) in [5, 5.41) is 10.4. The third-order valence-electron chi connectivity index (χ3n) is 2.77. The summed E-state index contributed by atoms with van der Waals surface area (Å²) >= 11 is 0. The van der Waals surface area contributed by atoms with Crippen LogP contribution in [0.15, 0.2) is 10.7 Å². The van der Waals surface area contributed by atoms with Crippen LogP contribution in [0.25, 0.3) is 0 Å². The highest BCUT2D eigenvalue weighted by Crippen LogP contribution is 2.19. The monoisotopic (exact) mass is 249 g/mol. The van der Waals surface area contributed by atoms with E-state index in [0.717, 1.165) is 11.3 Å². The van der Waals surface area contributed by atoms with Crippen LogP contribution < -0.4 is 11.1 Å². The molecule has 0 unspecified atom stereocenters. The van der Waals surface area contributed by atoms with Crippen molar-refractivity contribution >= 4 is 17.5 Å². The standard InChI is InChI=1S/C11H15N5O2/c1-4-16-9(8(12)5-13-16)10(17)14-11-6(2)7(3)15-18-11/h5H,4,12H2,1-3H3,(H,14,17). The molecule has 2 aromatic rings. The van der Waals surface area contributed by atoms with E-state index < -0.39 is 0 Å². The van der Waals surface area contributed by atoms with Gasteiger partial charge in [-0.25, -0.2) is 0 Å². The molecule has 0 saturated heterocycles. The molecule has 0 radical (unpaired) electrons. The second-order valence-corrected chi connectivity index (χ2v) is 3.94. The molecule has 0 atom stereocenters. The predicted octanol–water partition coefficient (Wildman–Crippen LogP) is 1.34. The number of nitrogen functional groups attached to an aromatic ring is 1. The molecule has 0 spiro atoms. The molecule has 96 valence electrons. The summed E-state index contributed by atoms with van der Waals surface area (Å²) in [7, 11) is 0. The van der Waals surface area contributed by atoms with Crippen molar-refractivity contribution in [3.05, 3.63) is 23.1 Å².